The molecule has 0 amide bonds. The second kappa shape index (κ2) is 10.00. The van der Waals surface area contributed by atoms with Crippen molar-refractivity contribution in [3.63, 3.8) is 0 Å². The third-order valence-electron chi connectivity index (χ3n) is 3.94. The number of methoxy groups -OCH3 is 2. The summed E-state index contributed by atoms with van der Waals surface area (Å²) in [5.41, 5.74) is 6.70. The monoisotopic (exact) mass is 336 g/mol. The van der Waals surface area contributed by atoms with E-state index in [2.05, 4.69) is 15.2 Å². The molecule has 1 saturated heterocycles. The second-order valence-corrected chi connectivity index (χ2v) is 5.62. The Bertz CT molecular complexity index is 531. The minimum atomic E-state index is 0.382. The number of aliphatic imine (C=N–C) groups is 1. The molecule has 134 valence electrons. The zero-order chi connectivity index (χ0) is 17.2. The van der Waals surface area contributed by atoms with E-state index in [1.165, 1.54) is 0 Å². The van der Waals surface area contributed by atoms with Crippen LogP contribution in [0, 0.1) is 0 Å². The van der Waals surface area contributed by atoms with Gasteiger partial charge in [0.15, 0.2) is 5.96 Å². The van der Waals surface area contributed by atoms with Crippen LogP contribution < -0.4 is 20.5 Å². The first-order valence-corrected chi connectivity index (χ1v) is 8.32. The minimum absolute atomic E-state index is 0.382. The minimum Gasteiger partial charge on any atom is -0.497 e. The summed E-state index contributed by atoms with van der Waals surface area (Å²) in [5.74, 6) is 1.81. The Morgan fingerprint density at radius 3 is 2.75 bits per heavy atom. The Morgan fingerprint density at radius 1 is 1.25 bits per heavy atom. The first kappa shape index (κ1) is 18.4. The molecule has 24 heavy (non-hydrogen) atoms. The van der Waals surface area contributed by atoms with Gasteiger partial charge >= 0.3 is 0 Å². The first-order valence-electron chi connectivity index (χ1n) is 8.32. The van der Waals surface area contributed by atoms with Crippen molar-refractivity contribution in [1.82, 2.24) is 4.90 Å². The number of nitrogens with zero attached hydrogens (tertiary/aromatic N) is 2. The topological polar surface area (TPSA) is 81.3 Å². The van der Waals surface area contributed by atoms with Crippen molar-refractivity contribution >= 4 is 11.6 Å². The highest BCUT2D eigenvalue weighted by Gasteiger charge is 2.09. The lowest BCUT2D eigenvalue weighted by molar-refractivity contribution is 0.0373. The molecule has 1 aliphatic heterocycles. The van der Waals surface area contributed by atoms with Gasteiger partial charge in [-0.1, -0.05) is 0 Å². The van der Waals surface area contributed by atoms with Gasteiger partial charge in [-0.25, -0.2) is 0 Å². The molecule has 7 nitrogen and oxygen atoms in total. The highest BCUT2D eigenvalue weighted by Crippen LogP contribution is 2.28. The van der Waals surface area contributed by atoms with Gasteiger partial charge in [-0.05, 0) is 31.5 Å². The summed E-state index contributed by atoms with van der Waals surface area (Å²) >= 11 is 0. The van der Waals surface area contributed by atoms with Crippen molar-refractivity contribution in [2.45, 2.75) is 12.8 Å². The van der Waals surface area contributed by atoms with Crippen molar-refractivity contribution in [3.8, 4) is 11.5 Å². The Balaban J connectivity index is 1.75. The highest BCUT2D eigenvalue weighted by atomic mass is 16.5. The van der Waals surface area contributed by atoms with E-state index in [0.29, 0.717) is 18.3 Å². The van der Waals surface area contributed by atoms with Gasteiger partial charge in [0.05, 0.1) is 33.1 Å². The third kappa shape index (κ3) is 5.90. The molecule has 1 aromatic rings. The Kier molecular flexibility index (Phi) is 7.64. The Hall–Kier alpha value is -1.99. The number of guanidine groups is 1. The van der Waals surface area contributed by atoms with Gasteiger partial charge in [0, 0.05) is 25.7 Å². The van der Waals surface area contributed by atoms with E-state index in [4.69, 9.17) is 19.9 Å². The van der Waals surface area contributed by atoms with Gasteiger partial charge in [-0.3, -0.25) is 9.89 Å². The van der Waals surface area contributed by atoms with Gasteiger partial charge < -0.3 is 25.3 Å². The fourth-order valence-electron chi connectivity index (χ4n) is 2.56. The summed E-state index contributed by atoms with van der Waals surface area (Å²) in [6, 6.07) is 5.50. The van der Waals surface area contributed by atoms with Gasteiger partial charge in [0.2, 0.25) is 0 Å². The summed E-state index contributed by atoms with van der Waals surface area (Å²) in [7, 11) is 3.24. The van der Waals surface area contributed by atoms with E-state index < -0.39 is 0 Å². The Labute approximate surface area is 143 Å². The van der Waals surface area contributed by atoms with Crippen molar-refractivity contribution in [2.75, 3.05) is 58.9 Å². The van der Waals surface area contributed by atoms with Crippen LogP contribution in [0.4, 0.5) is 5.69 Å². The molecule has 0 atom stereocenters. The molecule has 1 aromatic carbocycles. The average molecular weight is 336 g/mol. The van der Waals surface area contributed by atoms with Gasteiger partial charge in [0.25, 0.3) is 0 Å². The molecule has 0 unspecified atom stereocenters. The van der Waals surface area contributed by atoms with E-state index in [9.17, 15) is 0 Å². The molecule has 1 aliphatic rings. The van der Waals surface area contributed by atoms with Crippen LogP contribution in [0.15, 0.2) is 23.2 Å². The van der Waals surface area contributed by atoms with Crippen LogP contribution in [0.1, 0.15) is 12.8 Å². The lowest BCUT2D eigenvalue weighted by Gasteiger charge is -2.26. The maximum Gasteiger partial charge on any atom is 0.193 e. The lowest BCUT2D eigenvalue weighted by atomic mass is 10.2. The third-order valence-corrected chi connectivity index (χ3v) is 3.94. The van der Waals surface area contributed by atoms with Gasteiger partial charge in [-0.2, -0.15) is 0 Å². The van der Waals surface area contributed by atoms with E-state index in [-0.39, 0.29) is 0 Å². The van der Waals surface area contributed by atoms with E-state index in [0.717, 1.165) is 57.1 Å². The molecule has 0 aliphatic carbocycles. The largest absolute Gasteiger partial charge is 0.497 e. The molecule has 3 N–H and O–H groups in total. The predicted molar refractivity (Wildman–Crippen MR) is 96.2 cm³/mol. The fourth-order valence-corrected chi connectivity index (χ4v) is 2.56. The molecule has 7 heteroatoms. The van der Waals surface area contributed by atoms with Gasteiger partial charge in [-0.15, -0.1) is 0 Å². The quantitative estimate of drug-likeness (QED) is 0.426. The molecule has 2 rings (SSSR count). The number of nitrogens with one attached hydrogen (secondary N) is 1. The number of nitrogens with two attached hydrogens (primary N) is 1. The molecule has 1 fully saturated rings. The maximum atomic E-state index is 5.96. The van der Waals surface area contributed by atoms with Crippen LogP contribution in [-0.4, -0.2) is 64.5 Å². The lowest BCUT2D eigenvalue weighted by Crippen LogP contribution is -2.36. The molecule has 0 aromatic heterocycles. The number of benzene rings is 1. The first-order chi connectivity index (χ1) is 11.7. The van der Waals surface area contributed by atoms with Crippen LogP contribution in [-0.2, 0) is 4.74 Å². The van der Waals surface area contributed by atoms with Crippen LogP contribution in [0.25, 0.3) is 0 Å². The summed E-state index contributed by atoms with van der Waals surface area (Å²) in [6.07, 6.45) is 2.12. The van der Waals surface area contributed by atoms with Crippen molar-refractivity contribution in [1.29, 1.82) is 0 Å². The molecular formula is C17H28N4O3. The van der Waals surface area contributed by atoms with E-state index in [1.54, 1.807) is 14.2 Å². The number of unbranched alkanes of at least 4 members (excludes halogenated alkanes) is 1. The highest BCUT2D eigenvalue weighted by molar-refractivity contribution is 5.93. The van der Waals surface area contributed by atoms with Crippen molar-refractivity contribution in [2.24, 2.45) is 10.7 Å². The van der Waals surface area contributed by atoms with Crippen molar-refractivity contribution in [3.05, 3.63) is 18.2 Å². The summed E-state index contributed by atoms with van der Waals surface area (Å²) in [5, 5.41) is 3.07. The van der Waals surface area contributed by atoms with Crippen molar-refractivity contribution < 1.29 is 14.2 Å². The van der Waals surface area contributed by atoms with Crippen LogP contribution in [0.5, 0.6) is 11.5 Å². The normalized spacial score (nSPS) is 16.0. The smallest absolute Gasteiger partial charge is 0.193 e. The van der Waals surface area contributed by atoms with E-state index in [1.807, 2.05) is 18.2 Å². The summed E-state index contributed by atoms with van der Waals surface area (Å²) < 4.78 is 15.9. The zero-order valence-electron chi connectivity index (χ0n) is 14.6. The number of morpholine rings is 1. The molecule has 0 saturated carbocycles. The average Bonchev–Trinajstić information content (AvgIpc) is 2.62. The van der Waals surface area contributed by atoms with E-state index >= 15 is 0 Å². The number of ether oxygens (including phenoxy) is 3. The van der Waals surface area contributed by atoms with Crippen LogP contribution >= 0.6 is 0 Å². The zero-order valence-corrected chi connectivity index (χ0v) is 14.6. The molecule has 0 spiro atoms. The summed E-state index contributed by atoms with van der Waals surface area (Å²) in [4.78, 5) is 6.80. The molecule has 1 heterocycles. The van der Waals surface area contributed by atoms with Gasteiger partial charge in [0.1, 0.15) is 11.5 Å². The second-order valence-electron chi connectivity index (χ2n) is 5.62. The number of rotatable bonds is 8. The fraction of sp³-hybridized carbons (Fsp3) is 0.588. The molecule has 0 radical (unpaired) electrons. The Morgan fingerprint density at radius 2 is 2.04 bits per heavy atom. The number of hydrogen-bond donors (Lipinski definition) is 2. The number of hydrogen-bond acceptors (Lipinski definition) is 5. The SMILES string of the molecule is COc1ccc(OC)c(NC(N)=NCCCCN2CCOCC2)c1. The maximum absolute atomic E-state index is 5.96. The number of anilines is 1. The standard InChI is InChI=1S/C17H28N4O3/c1-22-14-5-6-16(23-2)15(13-14)20-17(18)19-7-3-4-8-21-9-11-24-12-10-21/h5-6,13H,3-4,7-12H2,1-2H3,(H3,18,19,20). The molecular weight excluding hydrogens is 308 g/mol. The predicted octanol–water partition coefficient (Wildman–Crippen LogP) is 1.54. The van der Waals surface area contributed by atoms with Crippen LogP contribution in [0.2, 0.25) is 0 Å². The van der Waals surface area contributed by atoms with Crippen LogP contribution in [0.3, 0.4) is 0 Å². The summed E-state index contributed by atoms with van der Waals surface area (Å²) in [6.45, 7) is 5.55. The molecule has 0 bridgehead atoms.